The Balaban J connectivity index is 1.72. The Morgan fingerprint density at radius 3 is 1.19 bits per heavy atom. The van der Waals surface area contributed by atoms with E-state index >= 15 is 0 Å². The zero-order chi connectivity index (χ0) is 22.2. The fourth-order valence-corrected chi connectivity index (χ4v) is 5.50. The lowest BCUT2D eigenvalue weighted by atomic mass is 9.50. The van der Waals surface area contributed by atoms with Gasteiger partial charge in [-0.15, -0.1) is 0 Å². The lowest BCUT2D eigenvalue weighted by Crippen LogP contribution is -2.41. The van der Waals surface area contributed by atoms with Crippen LogP contribution in [0.4, 0.5) is 0 Å². The molecule has 5 rings (SSSR count). The van der Waals surface area contributed by atoms with Crippen LogP contribution in [0.3, 0.4) is 0 Å². The predicted octanol–water partition coefficient (Wildman–Crippen LogP) is 5.95. The van der Waals surface area contributed by atoms with Crippen LogP contribution in [-0.4, -0.2) is 19.9 Å². The van der Waals surface area contributed by atoms with Crippen LogP contribution in [0, 0.1) is 27.7 Å². The zero-order valence-electron chi connectivity index (χ0n) is 19.0. The first kappa shape index (κ1) is 20.5. The predicted molar refractivity (Wildman–Crippen MR) is 127 cm³/mol. The van der Waals surface area contributed by atoms with Gasteiger partial charge in [0.25, 0.3) is 0 Å². The third-order valence-electron chi connectivity index (χ3n) is 6.57. The normalized spacial score (nSPS) is 22.4. The van der Waals surface area contributed by atoms with Gasteiger partial charge in [0.1, 0.15) is 11.6 Å². The van der Waals surface area contributed by atoms with Gasteiger partial charge in [0.2, 0.25) is 0 Å². The van der Waals surface area contributed by atoms with E-state index in [9.17, 15) is 0 Å². The molecular weight excluding hydrogens is 392 g/mol. The Labute approximate surface area is 189 Å². The summed E-state index contributed by atoms with van der Waals surface area (Å²) < 4.78 is 0. The van der Waals surface area contributed by atoms with Gasteiger partial charge in [0.15, 0.2) is 0 Å². The van der Waals surface area contributed by atoms with Crippen molar-refractivity contribution in [1.29, 1.82) is 0 Å². The summed E-state index contributed by atoms with van der Waals surface area (Å²) >= 11 is 0. The molecule has 0 N–H and O–H groups in total. The Morgan fingerprint density at radius 1 is 0.469 bits per heavy atom. The molecular formula is C28H28N4. The van der Waals surface area contributed by atoms with Crippen molar-refractivity contribution in [3.8, 4) is 0 Å². The summed E-state index contributed by atoms with van der Waals surface area (Å²) in [6.45, 7) is 8.08. The third-order valence-corrected chi connectivity index (χ3v) is 6.57. The van der Waals surface area contributed by atoms with Gasteiger partial charge in [-0.1, -0.05) is 60.7 Å². The molecule has 4 aromatic rings. The quantitative estimate of drug-likeness (QED) is 0.409. The minimum absolute atomic E-state index is 0.251. The summed E-state index contributed by atoms with van der Waals surface area (Å²) in [5, 5.41) is 0. The first-order valence-electron chi connectivity index (χ1n) is 11.3. The van der Waals surface area contributed by atoms with Gasteiger partial charge in [-0.25, -0.2) is 19.9 Å². The van der Waals surface area contributed by atoms with E-state index in [4.69, 9.17) is 9.97 Å². The molecule has 0 spiro atoms. The van der Waals surface area contributed by atoms with E-state index in [0.717, 1.165) is 34.4 Å². The molecule has 160 valence electrons. The summed E-state index contributed by atoms with van der Waals surface area (Å²) in [6, 6.07) is 26.0. The molecule has 2 aromatic carbocycles. The number of hydrogen-bond donors (Lipinski definition) is 0. The van der Waals surface area contributed by atoms with Crippen molar-refractivity contribution in [2.45, 2.75) is 51.4 Å². The van der Waals surface area contributed by atoms with Crippen LogP contribution in [0.15, 0.2) is 72.8 Å². The van der Waals surface area contributed by atoms with Crippen molar-refractivity contribution in [3.63, 3.8) is 0 Å². The summed E-state index contributed by atoms with van der Waals surface area (Å²) in [7, 11) is 0. The molecule has 1 fully saturated rings. The summed E-state index contributed by atoms with van der Waals surface area (Å²) in [5.41, 5.74) is 6.94. The molecule has 0 unspecified atom stereocenters. The van der Waals surface area contributed by atoms with Gasteiger partial charge >= 0.3 is 0 Å². The maximum atomic E-state index is 4.93. The second kappa shape index (κ2) is 8.27. The van der Waals surface area contributed by atoms with E-state index < -0.39 is 0 Å². The second-order valence-corrected chi connectivity index (χ2v) is 8.89. The van der Waals surface area contributed by atoms with Crippen LogP contribution >= 0.6 is 0 Å². The van der Waals surface area contributed by atoms with Crippen molar-refractivity contribution in [2.24, 2.45) is 0 Å². The standard InChI is InChI=1S/C28H28N4/c1-17-15-23(31-19(3)29-17)27-25(21-11-7-5-8-12-21)28(24-16-18(2)30-20(4)32-24)26(27)22-13-9-6-10-14-22/h5-16,25-28H,1-4H3. The summed E-state index contributed by atoms with van der Waals surface area (Å²) in [4.78, 5) is 18.9. The van der Waals surface area contributed by atoms with Gasteiger partial charge in [-0.2, -0.15) is 0 Å². The van der Waals surface area contributed by atoms with Crippen LogP contribution in [0.1, 0.15) is 69.2 Å². The molecule has 32 heavy (non-hydrogen) atoms. The van der Waals surface area contributed by atoms with Crippen LogP contribution in [-0.2, 0) is 0 Å². The Kier molecular flexibility index (Phi) is 5.30. The molecule has 2 heterocycles. The van der Waals surface area contributed by atoms with Crippen molar-refractivity contribution in [3.05, 3.63) is 118 Å². The van der Waals surface area contributed by atoms with E-state index in [-0.39, 0.29) is 23.7 Å². The molecule has 0 bridgehead atoms. The molecule has 0 amide bonds. The van der Waals surface area contributed by atoms with Crippen LogP contribution < -0.4 is 0 Å². The molecule has 1 aliphatic rings. The molecule has 0 atom stereocenters. The zero-order valence-corrected chi connectivity index (χ0v) is 19.0. The van der Waals surface area contributed by atoms with Crippen LogP contribution in [0.5, 0.6) is 0 Å². The van der Waals surface area contributed by atoms with E-state index in [1.807, 2.05) is 13.8 Å². The number of aromatic nitrogens is 4. The van der Waals surface area contributed by atoms with Gasteiger partial charge in [0.05, 0.1) is 0 Å². The smallest absolute Gasteiger partial charge is 0.125 e. The fourth-order valence-electron chi connectivity index (χ4n) is 5.50. The molecule has 1 aliphatic carbocycles. The van der Waals surface area contributed by atoms with Crippen molar-refractivity contribution in [1.82, 2.24) is 19.9 Å². The number of nitrogens with zero attached hydrogens (tertiary/aromatic N) is 4. The fraction of sp³-hybridized carbons (Fsp3) is 0.286. The van der Waals surface area contributed by atoms with Crippen LogP contribution in [0.2, 0.25) is 0 Å². The van der Waals surface area contributed by atoms with Gasteiger partial charge < -0.3 is 0 Å². The average Bonchev–Trinajstić information content (AvgIpc) is 2.73. The Morgan fingerprint density at radius 2 is 0.844 bits per heavy atom. The summed E-state index contributed by atoms with van der Waals surface area (Å²) in [6.07, 6.45) is 0. The van der Waals surface area contributed by atoms with E-state index in [1.54, 1.807) is 0 Å². The maximum Gasteiger partial charge on any atom is 0.125 e. The number of rotatable bonds is 4. The van der Waals surface area contributed by atoms with Gasteiger partial charge in [-0.05, 0) is 51.0 Å². The molecule has 0 aliphatic heterocycles. The molecule has 1 saturated carbocycles. The SMILES string of the molecule is Cc1cc(C2C(c3ccccc3)C(c3cc(C)nc(C)n3)C2c2ccccc2)nc(C)n1. The minimum Gasteiger partial charge on any atom is -0.239 e. The number of hydrogen-bond acceptors (Lipinski definition) is 4. The number of aryl methyl sites for hydroxylation is 4. The minimum atomic E-state index is 0.251. The topological polar surface area (TPSA) is 51.6 Å². The second-order valence-electron chi connectivity index (χ2n) is 8.89. The Bertz CT molecular complexity index is 1090. The maximum absolute atomic E-state index is 4.93. The molecule has 4 heteroatoms. The van der Waals surface area contributed by atoms with Gasteiger partial charge in [0, 0.05) is 46.4 Å². The largest absolute Gasteiger partial charge is 0.239 e. The van der Waals surface area contributed by atoms with Crippen LogP contribution in [0.25, 0.3) is 0 Å². The first-order chi connectivity index (χ1) is 15.5. The highest BCUT2D eigenvalue weighted by molar-refractivity contribution is 5.45. The van der Waals surface area contributed by atoms with Crippen molar-refractivity contribution < 1.29 is 0 Å². The monoisotopic (exact) mass is 420 g/mol. The van der Waals surface area contributed by atoms with E-state index in [2.05, 4.69) is 96.6 Å². The molecule has 0 saturated heterocycles. The lowest BCUT2D eigenvalue weighted by Gasteiger charge is -2.52. The first-order valence-corrected chi connectivity index (χ1v) is 11.3. The van der Waals surface area contributed by atoms with Crippen molar-refractivity contribution in [2.75, 3.05) is 0 Å². The Hall–Kier alpha value is -3.40. The van der Waals surface area contributed by atoms with E-state index in [0.29, 0.717) is 0 Å². The molecule has 4 nitrogen and oxygen atoms in total. The van der Waals surface area contributed by atoms with Gasteiger partial charge in [-0.3, -0.25) is 0 Å². The van der Waals surface area contributed by atoms with E-state index in [1.165, 1.54) is 11.1 Å². The third kappa shape index (κ3) is 3.70. The highest BCUT2D eigenvalue weighted by Crippen LogP contribution is 2.65. The highest BCUT2D eigenvalue weighted by atomic mass is 14.9. The molecule has 0 radical (unpaired) electrons. The summed E-state index contributed by atoms with van der Waals surface area (Å²) in [5.74, 6) is 2.72. The molecule has 2 aromatic heterocycles. The number of benzene rings is 2. The van der Waals surface area contributed by atoms with Crippen molar-refractivity contribution >= 4 is 0 Å². The average molecular weight is 421 g/mol. The lowest BCUT2D eigenvalue weighted by molar-refractivity contribution is 0.219. The highest BCUT2D eigenvalue weighted by Gasteiger charge is 2.54.